The second-order valence-electron chi connectivity index (χ2n) is 6.00. The molecule has 0 aliphatic carbocycles. The number of anilines is 1. The van der Waals surface area contributed by atoms with Crippen LogP contribution in [0.4, 0.5) is 11.4 Å². The van der Waals surface area contributed by atoms with Gasteiger partial charge >= 0.3 is 0 Å². The molecule has 1 amide bonds. The number of nitrogens with one attached hydrogen (secondary N) is 2. The summed E-state index contributed by atoms with van der Waals surface area (Å²) in [5.41, 5.74) is 4.26. The third-order valence-electron chi connectivity index (χ3n) is 4.40. The van der Waals surface area contributed by atoms with E-state index in [1.54, 1.807) is 36.5 Å². The number of benzene rings is 2. The summed E-state index contributed by atoms with van der Waals surface area (Å²) in [5, 5.41) is 13.9. The Hall–Kier alpha value is -4.11. The third-order valence-corrected chi connectivity index (χ3v) is 4.40. The van der Waals surface area contributed by atoms with E-state index < -0.39 is 4.92 Å². The number of aromatic amines is 1. The maximum Gasteiger partial charge on any atom is 0.270 e. The molecular weight excluding hydrogens is 342 g/mol. The van der Waals surface area contributed by atoms with Crippen molar-refractivity contribution >= 4 is 28.9 Å². The van der Waals surface area contributed by atoms with Crippen LogP contribution in [0.3, 0.4) is 0 Å². The van der Waals surface area contributed by atoms with E-state index in [2.05, 4.69) is 16.2 Å². The number of amides is 1. The molecular formula is C21H13N3O3. The standard InChI is InChI=1S/C21H13N3O3/c1-2-16-17(13-5-3-7-15(11-13)24(26)27)8-9-19-20(16)18(21(25)23-19)12-14-6-4-10-22-14/h1,3-12,22H,(H,23,25). The van der Waals surface area contributed by atoms with Crippen molar-refractivity contribution in [2.24, 2.45) is 0 Å². The zero-order chi connectivity index (χ0) is 19.0. The normalized spacial score (nSPS) is 13.9. The minimum absolute atomic E-state index is 0.0210. The van der Waals surface area contributed by atoms with Gasteiger partial charge < -0.3 is 10.3 Å². The van der Waals surface area contributed by atoms with Crippen molar-refractivity contribution in [3.8, 4) is 23.5 Å². The lowest BCUT2D eigenvalue weighted by molar-refractivity contribution is -0.384. The molecule has 6 nitrogen and oxygen atoms in total. The van der Waals surface area contributed by atoms with E-state index >= 15 is 0 Å². The molecule has 1 aromatic heterocycles. The Morgan fingerprint density at radius 1 is 1.15 bits per heavy atom. The summed E-state index contributed by atoms with van der Waals surface area (Å²) in [6.45, 7) is 0. The number of H-pyrrole nitrogens is 1. The Labute approximate surface area is 154 Å². The predicted molar refractivity (Wildman–Crippen MR) is 104 cm³/mol. The summed E-state index contributed by atoms with van der Waals surface area (Å²) in [5.74, 6) is 2.42. The highest BCUT2D eigenvalue weighted by atomic mass is 16.6. The molecule has 0 radical (unpaired) electrons. The predicted octanol–water partition coefficient (Wildman–Crippen LogP) is 4.06. The zero-order valence-electron chi connectivity index (χ0n) is 14.0. The van der Waals surface area contributed by atoms with Gasteiger partial charge in [-0.3, -0.25) is 14.9 Å². The molecule has 0 saturated carbocycles. The summed E-state index contributed by atoms with van der Waals surface area (Å²) >= 11 is 0. The lowest BCUT2D eigenvalue weighted by Crippen LogP contribution is -2.03. The van der Waals surface area contributed by atoms with Crippen molar-refractivity contribution in [2.75, 3.05) is 5.32 Å². The first-order valence-corrected chi connectivity index (χ1v) is 8.13. The highest BCUT2D eigenvalue weighted by molar-refractivity contribution is 6.35. The van der Waals surface area contributed by atoms with Gasteiger partial charge in [0.2, 0.25) is 0 Å². The third kappa shape index (κ3) is 2.77. The highest BCUT2D eigenvalue weighted by Crippen LogP contribution is 2.40. The number of fused-ring (bicyclic) bond motifs is 1. The van der Waals surface area contributed by atoms with E-state index in [-0.39, 0.29) is 11.6 Å². The Morgan fingerprint density at radius 2 is 2.00 bits per heavy atom. The monoisotopic (exact) mass is 355 g/mol. The van der Waals surface area contributed by atoms with Crippen molar-refractivity contribution < 1.29 is 9.72 Å². The van der Waals surface area contributed by atoms with Gasteiger partial charge in [-0.25, -0.2) is 0 Å². The number of rotatable bonds is 3. The maximum atomic E-state index is 12.5. The van der Waals surface area contributed by atoms with Gasteiger partial charge in [0, 0.05) is 35.2 Å². The van der Waals surface area contributed by atoms with Crippen LogP contribution in [0.25, 0.3) is 22.8 Å². The molecule has 1 aliphatic heterocycles. The molecule has 27 heavy (non-hydrogen) atoms. The smallest absolute Gasteiger partial charge is 0.270 e. The summed E-state index contributed by atoms with van der Waals surface area (Å²) in [6, 6.07) is 13.5. The second-order valence-corrected chi connectivity index (χ2v) is 6.00. The van der Waals surface area contributed by atoms with E-state index in [1.807, 2.05) is 12.1 Å². The first kappa shape index (κ1) is 16.4. The number of nitrogens with zero attached hydrogens (tertiary/aromatic N) is 1. The minimum Gasteiger partial charge on any atom is -0.362 e. The van der Waals surface area contributed by atoms with Gasteiger partial charge in [0.15, 0.2) is 0 Å². The maximum absolute atomic E-state index is 12.5. The van der Waals surface area contributed by atoms with E-state index in [1.165, 1.54) is 12.1 Å². The number of carbonyl (C=O) groups is 1. The summed E-state index contributed by atoms with van der Waals surface area (Å²) in [7, 11) is 0. The largest absolute Gasteiger partial charge is 0.362 e. The Bertz CT molecular complexity index is 1150. The van der Waals surface area contributed by atoms with Crippen LogP contribution in [-0.4, -0.2) is 15.8 Å². The number of nitro groups is 1. The lowest BCUT2D eigenvalue weighted by Gasteiger charge is -2.10. The number of hydrogen-bond acceptors (Lipinski definition) is 3. The first-order valence-electron chi connectivity index (χ1n) is 8.13. The van der Waals surface area contributed by atoms with Gasteiger partial charge in [-0.2, -0.15) is 0 Å². The Balaban J connectivity index is 1.93. The number of nitro benzene ring substituents is 1. The van der Waals surface area contributed by atoms with Gasteiger partial charge in [-0.05, 0) is 35.4 Å². The molecule has 2 N–H and O–H groups in total. The van der Waals surface area contributed by atoms with Crippen molar-refractivity contribution in [1.29, 1.82) is 0 Å². The Morgan fingerprint density at radius 3 is 2.70 bits per heavy atom. The van der Waals surface area contributed by atoms with Crippen LogP contribution in [0.1, 0.15) is 16.8 Å². The zero-order valence-corrected chi connectivity index (χ0v) is 14.0. The fourth-order valence-electron chi connectivity index (χ4n) is 3.19. The van der Waals surface area contributed by atoms with E-state index in [9.17, 15) is 14.9 Å². The van der Waals surface area contributed by atoms with Crippen molar-refractivity contribution in [1.82, 2.24) is 4.98 Å². The van der Waals surface area contributed by atoms with Gasteiger partial charge in [0.05, 0.1) is 16.2 Å². The molecule has 0 unspecified atom stereocenters. The fourth-order valence-corrected chi connectivity index (χ4v) is 3.19. The van der Waals surface area contributed by atoms with Crippen LogP contribution >= 0.6 is 0 Å². The molecule has 3 aromatic rings. The molecule has 4 rings (SSSR count). The molecule has 0 bridgehead atoms. The van der Waals surface area contributed by atoms with Crippen LogP contribution in [0, 0.1) is 22.5 Å². The molecule has 0 atom stereocenters. The second kappa shape index (κ2) is 6.32. The number of carbonyl (C=O) groups excluding carboxylic acids is 1. The molecule has 130 valence electrons. The fraction of sp³-hybridized carbons (Fsp3) is 0. The molecule has 6 heteroatoms. The summed E-state index contributed by atoms with van der Waals surface area (Å²) in [4.78, 5) is 26.1. The number of terminal acetylenes is 1. The van der Waals surface area contributed by atoms with Crippen LogP contribution in [0.2, 0.25) is 0 Å². The Kier molecular flexibility index (Phi) is 3.83. The minimum atomic E-state index is -0.450. The average molecular weight is 355 g/mol. The van der Waals surface area contributed by atoms with Crippen molar-refractivity contribution in [3.05, 3.63) is 81.7 Å². The number of hydrogen-bond donors (Lipinski definition) is 2. The van der Waals surface area contributed by atoms with Crippen molar-refractivity contribution in [3.63, 3.8) is 0 Å². The van der Waals surface area contributed by atoms with Crippen LogP contribution in [0.15, 0.2) is 54.7 Å². The SMILES string of the molecule is C#Cc1c(-c2cccc([N+](=O)[O-])c2)ccc2c1C(=Cc1ccc[nH]1)C(=O)N2. The average Bonchev–Trinajstić information content (AvgIpc) is 3.29. The molecule has 2 heterocycles. The molecule has 0 saturated heterocycles. The summed E-state index contributed by atoms with van der Waals surface area (Å²) in [6.07, 6.45) is 9.28. The number of non-ortho nitro benzene ring substituents is 1. The number of aromatic nitrogens is 1. The van der Waals surface area contributed by atoms with Crippen LogP contribution < -0.4 is 5.32 Å². The van der Waals surface area contributed by atoms with E-state index in [0.717, 1.165) is 5.69 Å². The van der Waals surface area contributed by atoms with Gasteiger partial charge in [-0.1, -0.05) is 24.1 Å². The highest BCUT2D eigenvalue weighted by Gasteiger charge is 2.28. The molecule has 0 fully saturated rings. The van der Waals surface area contributed by atoms with Crippen LogP contribution in [0.5, 0.6) is 0 Å². The summed E-state index contributed by atoms with van der Waals surface area (Å²) < 4.78 is 0. The van der Waals surface area contributed by atoms with Crippen molar-refractivity contribution in [2.45, 2.75) is 0 Å². The quantitative estimate of drug-likeness (QED) is 0.321. The topological polar surface area (TPSA) is 88.0 Å². The van der Waals surface area contributed by atoms with E-state index in [0.29, 0.717) is 33.5 Å². The van der Waals surface area contributed by atoms with Gasteiger partial charge in [-0.15, -0.1) is 6.42 Å². The molecule has 2 aromatic carbocycles. The molecule has 0 spiro atoms. The van der Waals surface area contributed by atoms with Gasteiger partial charge in [0.25, 0.3) is 11.6 Å². The van der Waals surface area contributed by atoms with Gasteiger partial charge in [0.1, 0.15) is 0 Å². The van der Waals surface area contributed by atoms with E-state index in [4.69, 9.17) is 6.42 Å². The first-order chi connectivity index (χ1) is 13.1. The van der Waals surface area contributed by atoms with Crippen LogP contribution in [-0.2, 0) is 4.79 Å². The molecule has 1 aliphatic rings. The lowest BCUT2D eigenvalue weighted by atomic mass is 9.91.